The molecule has 0 bridgehead atoms. The molecule has 2 aliphatic heterocycles. The second-order valence-corrected chi connectivity index (χ2v) is 17.1. The molecule has 2 unspecified atom stereocenters. The molecule has 6 heteroatoms. The predicted molar refractivity (Wildman–Crippen MR) is 199 cm³/mol. The molecule has 0 aromatic heterocycles. The van der Waals surface area contributed by atoms with Crippen molar-refractivity contribution in [3.8, 4) is 44.9 Å². The van der Waals surface area contributed by atoms with Crippen LogP contribution in [0.4, 0.5) is 0 Å². The van der Waals surface area contributed by atoms with Gasteiger partial charge in [0.1, 0.15) is 11.5 Å². The first kappa shape index (κ1) is 30.2. The van der Waals surface area contributed by atoms with Gasteiger partial charge in [0, 0.05) is 21.8 Å². The molecule has 4 nitrogen and oxygen atoms in total. The van der Waals surface area contributed by atoms with Crippen molar-refractivity contribution in [2.45, 2.75) is 13.8 Å². The fourth-order valence-electron chi connectivity index (χ4n) is 6.55. The van der Waals surface area contributed by atoms with Crippen LogP contribution in [-0.4, -0.2) is 0 Å². The van der Waals surface area contributed by atoms with Gasteiger partial charge in [0.05, 0.1) is 10.6 Å². The van der Waals surface area contributed by atoms with E-state index in [1.54, 1.807) is 0 Å². The maximum atomic E-state index is 14.4. The van der Waals surface area contributed by atoms with E-state index < -0.39 is 14.7 Å². The third-order valence-electron chi connectivity index (χ3n) is 9.09. The van der Waals surface area contributed by atoms with Crippen molar-refractivity contribution in [2.24, 2.45) is 0 Å². The van der Waals surface area contributed by atoms with Crippen molar-refractivity contribution in [2.75, 3.05) is 0 Å². The largest absolute Gasteiger partial charge is 0.436 e. The van der Waals surface area contributed by atoms with Gasteiger partial charge in [-0.15, -0.1) is 0 Å². The Hall–Kier alpha value is -5.14. The van der Waals surface area contributed by atoms with Gasteiger partial charge in [-0.05, 0) is 83.6 Å². The number of allylic oxidation sites excluding steroid dienone is 2. The summed E-state index contributed by atoms with van der Waals surface area (Å²) in [6.07, 6.45) is 3.91. The van der Waals surface area contributed by atoms with Crippen LogP contribution in [0.2, 0.25) is 0 Å². The fraction of sp³-hybridized carbons (Fsp3) is 0.0476. The molecular weight excluding hydrogens is 630 g/mol. The van der Waals surface area contributed by atoms with Crippen molar-refractivity contribution in [1.29, 1.82) is 0 Å². The summed E-state index contributed by atoms with van der Waals surface area (Å²) in [6.45, 7) is 3.77. The molecule has 6 aromatic carbocycles. The third kappa shape index (κ3) is 5.10. The van der Waals surface area contributed by atoms with E-state index >= 15 is 0 Å². The van der Waals surface area contributed by atoms with Gasteiger partial charge in [-0.3, -0.25) is 9.13 Å². The van der Waals surface area contributed by atoms with Gasteiger partial charge in [-0.2, -0.15) is 0 Å². The molecular formula is C42H32O4P2. The van der Waals surface area contributed by atoms with Crippen LogP contribution in [0.15, 0.2) is 156 Å². The van der Waals surface area contributed by atoms with Gasteiger partial charge in [-0.25, -0.2) is 0 Å². The van der Waals surface area contributed by atoms with Crippen molar-refractivity contribution in [3.63, 3.8) is 0 Å². The number of hydrogen-bond donors (Lipinski definition) is 0. The van der Waals surface area contributed by atoms with Crippen LogP contribution in [0.25, 0.3) is 45.5 Å². The second-order valence-electron chi connectivity index (χ2n) is 12.1. The molecule has 0 N–H and O–H groups in total. The average Bonchev–Trinajstić information content (AvgIpc) is 3.12. The summed E-state index contributed by atoms with van der Waals surface area (Å²) in [6, 6.07) is 47.5. The maximum Gasteiger partial charge on any atom is 0.303 e. The van der Waals surface area contributed by atoms with E-state index in [0.717, 1.165) is 55.1 Å². The maximum absolute atomic E-state index is 14.4. The van der Waals surface area contributed by atoms with E-state index in [2.05, 4.69) is 24.3 Å². The molecule has 0 saturated heterocycles. The van der Waals surface area contributed by atoms with E-state index in [1.165, 1.54) is 0 Å². The lowest BCUT2D eigenvalue weighted by molar-refractivity contribution is 0.497. The third-order valence-corrected chi connectivity index (χ3v) is 14.2. The van der Waals surface area contributed by atoms with Crippen LogP contribution in [-0.2, 0) is 9.13 Å². The van der Waals surface area contributed by atoms with E-state index in [9.17, 15) is 9.13 Å². The summed E-state index contributed by atoms with van der Waals surface area (Å²) in [7, 11) is -6.60. The standard InChI is InChI=1S/C42H32O4P2/c1-29(47(43)41-17-9-5-13-37(41)35-11-3-7-15-39(35)45-47)27-31-19-23-33(24-20-31)34-25-21-32(22-26-34)28-30(2)48(44)42-18-10-6-14-38(42)36-12-4-8-16-40(36)46-48/h3-28H,1-2H3/b29-27+,30-28+. The lowest BCUT2D eigenvalue weighted by Gasteiger charge is -2.29. The Morgan fingerprint density at radius 3 is 1.17 bits per heavy atom. The summed E-state index contributed by atoms with van der Waals surface area (Å²) in [5.41, 5.74) is 7.83. The first-order valence-electron chi connectivity index (χ1n) is 15.9. The minimum atomic E-state index is -3.30. The Balaban J connectivity index is 1.04. The predicted octanol–water partition coefficient (Wildman–Crippen LogP) is 11.4. The van der Waals surface area contributed by atoms with Gasteiger partial charge in [-0.1, -0.05) is 121 Å². The van der Waals surface area contributed by atoms with Crippen molar-refractivity contribution in [1.82, 2.24) is 0 Å². The van der Waals surface area contributed by atoms with Gasteiger partial charge in [0.15, 0.2) is 0 Å². The minimum absolute atomic E-state index is 0.643. The van der Waals surface area contributed by atoms with Crippen LogP contribution in [0.5, 0.6) is 11.5 Å². The number of para-hydroxylation sites is 2. The zero-order valence-electron chi connectivity index (χ0n) is 26.5. The number of rotatable bonds is 5. The molecule has 234 valence electrons. The Morgan fingerprint density at radius 1 is 0.438 bits per heavy atom. The molecule has 48 heavy (non-hydrogen) atoms. The average molecular weight is 663 g/mol. The monoisotopic (exact) mass is 662 g/mol. The van der Waals surface area contributed by atoms with Gasteiger partial charge >= 0.3 is 14.7 Å². The van der Waals surface area contributed by atoms with Gasteiger partial charge in [0.2, 0.25) is 0 Å². The fourth-order valence-corrected chi connectivity index (χ4v) is 10.9. The highest BCUT2D eigenvalue weighted by Gasteiger charge is 2.38. The molecule has 0 aliphatic carbocycles. The Bertz CT molecular complexity index is 2200. The molecule has 2 aliphatic rings. The van der Waals surface area contributed by atoms with Crippen LogP contribution in [0.3, 0.4) is 0 Å². The normalized spacial score (nSPS) is 19.5. The summed E-state index contributed by atoms with van der Waals surface area (Å²) in [5.74, 6) is 1.29. The van der Waals surface area contributed by atoms with Crippen LogP contribution < -0.4 is 19.7 Å². The van der Waals surface area contributed by atoms with Crippen LogP contribution in [0.1, 0.15) is 25.0 Å². The number of hydrogen-bond acceptors (Lipinski definition) is 4. The van der Waals surface area contributed by atoms with Crippen molar-refractivity contribution < 1.29 is 18.2 Å². The molecule has 0 fully saturated rings. The van der Waals surface area contributed by atoms with E-state index in [1.807, 2.05) is 147 Å². The van der Waals surface area contributed by atoms with E-state index in [-0.39, 0.29) is 0 Å². The lowest BCUT2D eigenvalue weighted by Crippen LogP contribution is -2.18. The SMILES string of the molecule is C/C(=C\c1ccc(-c2ccc(/C=C(\C)P3(=O)Oc4ccccc4-c4ccccc43)cc2)cc1)P1(=O)Oc2ccccc2-c2ccccc21. The lowest BCUT2D eigenvalue weighted by atomic mass is 10.0. The van der Waals surface area contributed by atoms with Crippen molar-refractivity contribution >= 4 is 37.5 Å². The number of fused-ring (bicyclic) bond motifs is 6. The van der Waals surface area contributed by atoms with Gasteiger partial charge in [0.25, 0.3) is 0 Å². The molecule has 8 rings (SSSR count). The number of benzene rings is 6. The highest BCUT2D eigenvalue weighted by molar-refractivity contribution is 7.72. The van der Waals surface area contributed by atoms with E-state index in [0.29, 0.717) is 22.1 Å². The molecule has 2 heterocycles. The van der Waals surface area contributed by atoms with Crippen molar-refractivity contribution in [3.05, 3.63) is 167 Å². The second kappa shape index (κ2) is 11.8. The minimum Gasteiger partial charge on any atom is -0.436 e. The van der Waals surface area contributed by atoms with E-state index in [4.69, 9.17) is 9.05 Å². The first-order valence-corrected chi connectivity index (χ1v) is 19.1. The van der Waals surface area contributed by atoms with Crippen LogP contribution in [0, 0.1) is 0 Å². The molecule has 2 atom stereocenters. The Labute approximate surface area is 280 Å². The molecule has 6 aromatic rings. The molecule has 0 radical (unpaired) electrons. The summed E-state index contributed by atoms with van der Waals surface area (Å²) in [5, 5.41) is 2.84. The molecule has 0 spiro atoms. The summed E-state index contributed by atoms with van der Waals surface area (Å²) < 4.78 is 41.4. The smallest absolute Gasteiger partial charge is 0.303 e. The zero-order valence-corrected chi connectivity index (χ0v) is 28.3. The zero-order chi connectivity index (χ0) is 32.9. The highest BCUT2D eigenvalue weighted by atomic mass is 31.2. The first-order chi connectivity index (χ1) is 23.3. The topological polar surface area (TPSA) is 52.6 Å². The Kier molecular flexibility index (Phi) is 7.45. The van der Waals surface area contributed by atoms with Gasteiger partial charge < -0.3 is 9.05 Å². The summed E-state index contributed by atoms with van der Waals surface area (Å²) >= 11 is 0. The molecule has 0 amide bonds. The highest BCUT2D eigenvalue weighted by Crippen LogP contribution is 2.61. The summed E-state index contributed by atoms with van der Waals surface area (Å²) in [4.78, 5) is 0. The Morgan fingerprint density at radius 2 is 0.771 bits per heavy atom. The van der Waals surface area contributed by atoms with Crippen LogP contribution >= 0.6 is 14.7 Å². The quantitative estimate of drug-likeness (QED) is 0.172. The molecule has 0 saturated carbocycles.